The summed E-state index contributed by atoms with van der Waals surface area (Å²) in [5.74, 6) is -0.968. The number of aromatic nitrogens is 1. The Bertz CT molecular complexity index is 800. The smallest absolute Gasteiger partial charge is 0.330 e. The Morgan fingerprint density at radius 2 is 2.10 bits per heavy atom. The first kappa shape index (κ1) is 13.6. The lowest BCUT2D eigenvalue weighted by atomic mass is 10.1. The summed E-state index contributed by atoms with van der Waals surface area (Å²) >= 11 is 3.40. The van der Waals surface area contributed by atoms with Gasteiger partial charge in [-0.2, -0.15) is 0 Å². The predicted molar refractivity (Wildman–Crippen MR) is 82.2 cm³/mol. The SMILES string of the molecule is O=C(O)C(Nc1ccccc1Br)c1ccc2ncoc2c1. The molecule has 106 valence electrons. The zero-order chi connectivity index (χ0) is 14.8. The number of nitrogens with one attached hydrogen (secondary N) is 1. The molecule has 1 aromatic heterocycles. The number of nitrogens with zero attached hydrogens (tertiary/aromatic N) is 1. The Hall–Kier alpha value is -2.34. The molecular formula is C15H11BrN2O3. The zero-order valence-electron chi connectivity index (χ0n) is 10.8. The summed E-state index contributed by atoms with van der Waals surface area (Å²) in [6, 6.07) is 11.6. The molecule has 0 amide bonds. The molecule has 0 aliphatic rings. The number of fused-ring (bicyclic) bond motifs is 1. The fourth-order valence-electron chi connectivity index (χ4n) is 2.07. The topological polar surface area (TPSA) is 75.4 Å². The van der Waals surface area contributed by atoms with Crippen LogP contribution in [0, 0.1) is 0 Å². The normalized spacial score (nSPS) is 12.2. The zero-order valence-corrected chi connectivity index (χ0v) is 12.4. The minimum Gasteiger partial charge on any atom is -0.479 e. The first-order valence-corrected chi connectivity index (χ1v) is 7.01. The fourth-order valence-corrected chi connectivity index (χ4v) is 2.47. The highest BCUT2D eigenvalue weighted by atomic mass is 79.9. The van der Waals surface area contributed by atoms with Crippen molar-refractivity contribution in [2.45, 2.75) is 6.04 Å². The number of aliphatic carboxylic acids is 1. The lowest BCUT2D eigenvalue weighted by molar-refractivity contribution is -0.138. The van der Waals surface area contributed by atoms with Gasteiger partial charge in [0.1, 0.15) is 5.52 Å². The van der Waals surface area contributed by atoms with Crippen molar-refractivity contribution < 1.29 is 14.3 Å². The van der Waals surface area contributed by atoms with Crippen LogP contribution in [-0.4, -0.2) is 16.1 Å². The van der Waals surface area contributed by atoms with E-state index in [2.05, 4.69) is 26.2 Å². The van der Waals surface area contributed by atoms with E-state index in [9.17, 15) is 9.90 Å². The molecule has 0 spiro atoms. The number of halogens is 1. The highest BCUT2D eigenvalue weighted by Crippen LogP contribution is 2.28. The van der Waals surface area contributed by atoms with Crippen molar-refractivity contribution in [2.24, 2.45) is 0 Å². The average Bonchev–Trinajstić information content (AvgIpc) is 2.93. The molecule has 5 nitrogen and oxygen atoms in total. The van der Waals surface area contributed by atoms with E-state index < -0.39 is 12.0 Å². The number of benzene rings is 2. The van der Waals surface area contributed by atoms with Crippen LogP contribution in [0.15, 0.2) is 57.7 Å². The van der Waals surface area contributed by atoms with E-state index in [1.807, 2.05) is 24.3 Å². The Kier molecular flexibility index (Phi) is 3.62. The van der Waals surface area contributed by atoms with Crippen LogP contribution >= 0.6 is 15.9 Å². The van der Waals surface area contributed by atoms with Gasteiger partial charge in [0.2, 0.25) is 0 Å². The molecule has 0 bridgehead atoms. The number of rotatable bonds is 4. The standard InChI is InChI=1S/C15H11BrN2O3/c16-10-3-1-2-4-11(10)18-14(15(19)20)9-5-6-12-13(7-9)21-8-17-12/h1-8,14,18H,(H,19,20). The summed E-state index contributed by atoms with van der Waals surface area (Å²) in [6.07, 6.45) is 1.34. The van der Waals surface area contributed by atoms with Gasteiger partial charge in [0.25, 0.3) is 0 Å². The monoisotopic (exact) mass is 346 g/mol. The number of anilines is 1. The van der Waals surface area contributed by atoms with E-state index >= 15 is 0 Å². The van der Waals surface area contributed by atoms with Crippen molar-refractivity contribution in [1.29, 1.82) is 0 Å². The second-order valence-corrected chi connectivity index (χ2v) is 5.33. The Morgan fingerprint density at radius 3 is 2.86 bits per heavy atom. The van der Waals surface area contributed by atoms with Crippen molar-refractivity contribution in [1.82, 2.24) is 4.98 Å². The van der Waals surface area contributed by atoms with Crippen LogP contribution in [0.5, 0.6) is 0 Å². The van der Waals surface area contributed by atoms with Crippen molar-refractivity contribution >= 4 is 38.7 Å². The van der Waals surface area contributed by atoms with Crippen LogP contribution < -0.4 is 5.32 Å². The number of carbonyl (C=O) groups is 1. The van der Waals surface area contributed by atoms with E-state index in [1.54, 1.807) is 18.2 Å². The fraction of sp³-hybridized carbons (Fsp3) is 0.0667. The van der Waals surface area contributed by atoms with Crippen LogP contribution in [0.25, 0.3) is 11.1 Å². The summed E-state index contributed by atoms with van der Waals surface area (Å²) < 4.78 is 6.02. The quantitative estimate of drug-likeness (QED) is 0.750. The molecule has 2 aromatic carbocycles. The molecule has 3 rings (SSSR count). The molecular weight excluding hydrogens is 336 g/mol. The van der Waals surface area contributed by atoms with E-state index in [0.717, 1.165) is 4.47 Å². The van der Waals surface area contributed by atoms with Gasteiger partial charge in [0, 0.05) is 10.2 Å². The van der Waals surface area contributed by atoms with Crippen LogP contribution in [0.3, 0.4) is 0 Å². The first-order valence-electron chi connectivity index (χ1n) is 6.22. The lowest BCUT2D eigenvalue weighted by Crippen LogP contribution is -2.20. The number of hydrogen-bond donors (Lipinski definition) is 2. The van der Waals surface area contributed by atoms with Crippen molar-refractivity contribution in [3.63, 3.8) is 0 Å². The van der Waals surface area contributed by atoms with E-state index in [1.165, 1.54) is 6.39 Å². The molecule has 0 radical (unpaired) electrons. The minimum atomic E-state index is -0.968. The summed E-state index contributed by atoms with van der Waals surface area (Å²) in [5.41, 5.74) is 2.57. The molecule has 6 heteroatoms. The first-order chi connectivity index (χ1) is 10.1. The van der Waals surface area contributed by atoms with Crippen molar-refractivity contribution in [3.05, 3.63) is 58.9 Å². The van der Waals surface area contributed by atoms with Crippen LogP contribution in [-0.2, 0) is 4.79 Å². The lowest BCUT2D eigenvalue weighted by Gasteiger charge is -2.17. The highest BCUT2D eigenvalue weighted by molar-refractivity contribution is 9.10. The molecule has 1 unspecified atom stereocenters. The van der Waals surface area contributed by atoms with Gasteiger partial charge in [-0.05, 0) is 45.8 Å². The Morgan fingerprint density at radius 1 is 1.29 bits per heavy atom. The maximum atomic E-state index is 11.6. The largest absolute Gasteiger partial charge is 0.479 e. The van der Waals surface area contributed by atoms with Gasteiger partial charge in [-0.15, -0.1) is 0 Å². The predicted octanol–water partition coefficient (Wildman–Crippen LogP) is 3.83. The second-order valence-electron chi connectivity index (χ2n) is 4.47. The summed E-state index contributed by atoms with van der Waals surface area (Å²) in [6.45, 7) is 0. The number of carboxylic acids is 1. The number of oxazole rings is 1. The van der Waals surface area contributed by atoms with E-state index in [-0.39, 0.29) is 0 Å². The molecule has 0 aliphatic carbocycles. The molecule has 21 heavy (non-hydrogen) atoms. The number of hydrogen-bond acceptors (Lipinski definition) is 4. The molecule has 0 aliphatic heterocycles. The molecule has 2 N–H and O–H groups in total. The molecule has 0 saturated heterocycles. The van der Waals surface area contributed by atoms with Crippen LogP contribution in [0.4, 0.5) is 5.69 Å². The van der Waals surface area contributed by atoms with E-state index in [0.29, 0.717) is 22.4 Å². The van der Waals surface area contributed by atoms with Gasteiger partial charge in [-0.1, -0.05) is 18.2 Å². The maximum absolute atomic E-state index is 11.6. The van der Waals surface area contributed by atoms with Gasteiger partial charge in [-0.3, -0.25) is 0 Å². The van der Waals surface area contributed by atoms with Crippen LogP contribution in [0.2, 0.25) is 0 Å². The average molecular weight is 347 g/mol. The molecule has 3 aromatic rings. The van der Waals surface area contributed by atoms with E-state index in [4.69, 9.17) is 4.42 Å². The third kappa shape index (κ3) is 2.75. The summed E-state index contributed by atoms with van der Waals surface area (Å²) in [4.78, 5) is 15.6. The molecule has 1 atom stereocenters. The van der Waals surface area contributed by atoms with Gasteiger partial charge >= 0.3 is 5.97 Å². The second kappa shape index (κ2) is 5.57. The van der Waals surface area contributed by atoms with Crippen LogP contribution in [0.1, 0.15) is 11.6 Å². The highest BCUT2D eigenvalue weighted by Gasteiger charge is 2.21. The molecule has 0 saturated carbocycles. The Labute approximate surface area is 128 Å². The number of carboxylic acid groups (broad SMARTS) is 1. The minimum absolute atomic E-state index is 0.563. The number of para-hydroxylation sites is 1. The van der Waals surface area contributed by atoms with Gasteiger partial charge < -0.3 is 14.8 Å². The molecule has 1 heterocycles. The van der Waals surface area contributed by atoms with Crippen molar-refractivity contribution in [3.8, 4) is 0 Å². The molecule has 0 fully saturated rings. The van der Waals surface area contributed by atoms with Gasteiger partial charge in [-0.25, -0.2) is 9.78 Å². The third-order valence-electron chi connectivity index (χ3n) is 3.11. The Balaban J connectivity index is 1.97. The maximum Gasteiger partial charge on any atom is 0.330 e. The summed E-state index contributed by atoms with van der Waals surface area (Å²) in [7, 11) is 0. The van der Waals surface area contributed by atoms with Crippen molar-refractivity contribution in [2.75, 3.05) is 5.32 Å². The van der Waals surface area contributed by atoms with Gasteiger partial charge in [0.15, 0.2) is 18.0 Å². The summed E-state index contributed by atoms with van der Waals surface area (Å²) in [5, 5.41) is 12.5. The third-order valence-corrected chi connectivity index (χ3v) is 3.80. The van der Waals surface area contributed by atoms with Gasteiger partial charge in [0.05, 0.1) is 0 Å².